The highest BCUT2D eigenvalue weighted by Gasteiger charge is 2.36. The van der Waals surface area contributed by atoms with Crippen molar-refractivity contribution in [3.63, 3.8) is 0 Å². The number of alkyl halides is 6. The van der Waals surface area contributed by atoms with Crippen molar-refractivity contribution in [2.45, 2.75) is 64.5 Å². The molecule has 12 nitrogen and oxygen atoms in total. The molecule has 8 rings (SSSR count). The first kappa shape index (κ1) is 61.0. The molecule has 6 aromatic carbocycles. The van der Waals surface area contributed by atoms with E-state index in [2.05, 4.69) is 10.2 Å². The number of carboxylic acid groups (broad SMARTS) is 1. The minimum Gasteiger partial charge on any atom is -0.481 e. The van der Waals surface area contributed by atoms with Crippen LogP contribution in [0.5, 0.6) is 0 Å². The summed E-state index contributed by atoms with van der Waals surface area (Å²) in [6, 6.07) is 35.0. The lowest BCUT2D eigenvalue weighted by atomic mass is 9.94. The molecule has 2 amide bonds. The summed E-state index contributed by atoms with van der Waals surface area (Å²) in [5.41, 5.74) is 2.54. The number of rotatable bonds is 15. The van der Waals surface area contributed by atoms with E-state index >= 15 is 0 Å². The van der Waals surface area contributed by atoms with Gasteiger partial charge < -0.3 is 19.6 Å². The quantitative estimate of drug-likeness (QED) is 0.0790. The van der Waals surface area contributed by atoms with Crippen molar-refractivity contribution in [1.82, 2.24) is 29.4 Å². The summed E-state index contributed by atoms with van der Waals surface area (Å²) in [6.45, 7) is 6.62. The topological polar surface area (TPSA) is 140 Å². The number of hydrogen-bond acceptors (Lipinski definition) is 7. The first-order valence-corrected chi connectivity index (χ1v) is 26.3. The van der Waals surface area contributed by atoms with Crippen molar-refractivity contribution in [1.29, 1.82) is 0 Å². The van der Waals surface area contributed by atoms with Gasteiger partial charge in [-0.2, -0.15) is 36.5 Å². The van der Waals surface area contributed by atoms with Crippen molar-refractivity contribution >= 4 is 70.2 Å². The van der Waals surface area contributed by atoms with Gasteiger partial charge in [0.05, 0.1) is 75.0 Å². The zero-order chi connectivity index (χ0) is 59.2. The molecule has 0 aliphatic heterocycles. The lowest BCUT2D eigenvalue weighted by Gasteiger charge is -2.25. The van der Waals surface area contributed by atoms with E-state index in [9.17, 15) is 50.6 Å². The Hall–Kier alpha value is -7.64. The number of carbonyl (C=O) groups excluding carboxylic acids is 3. The fraction of sp³-hybridized carbons (Fsp3) is 0.220. The van der Waals surface area contributed by atoms with Gasteiger partial charge >= 0.3 is 24.3 Å². The number of carbonyl (C=O) groups is 4. The number of benzene rings is 6. The molecule has 0 radical (unpaired) electrons. The molecule has 22 heteroatoms. The fourth-order valence-electron chi connectivity index (χ4n) is 8.69. The molecule has 0 aliphatic carbocycles. The van der Waals surface area contributed by atoms with Crippen molar-refractivity contribution in [2.24, 2.45) is 0 Å². The van der Waals surface area contributed by atoms with Gasteiger partial charge in [0.25, 0.3) is 11.8 Å². The fourth-order valence-corrected chi connectivity index (χ4v) is 9.37. The number of esters is 1. The third-order valence-corrected chi connectivity index (χ3v) is 14.5. The Kier molecular flexibility index (Phi) is 19.2. The van der Waals surface area contributed by atoms with Gasteiger partial charge in [0.2, 0.25) is 0 Å². The predicted molar refractivity (Wildman–Crippen MR) is 298 cm³/mol. The molecule has 3 atom stereocenters. The average molecular weight is 1190 g/mol. The van der Waals surface area contributed by atoms with Crippen molar-refractivity contribution < 1.29 is 55.4 Å². The van der Waals surface area contributed by atoms with Crippen LogP contribution in [0.4, 0.5) is 26.3 Å². The number of aromatic nitrogens is 4. The van der Waals surface area contributed by atoms with E-state index in [0.29, 0.717) is 70.7 Å². The monoisotopic (exact) mass is 1190 g/mol. The van der Waals surface area contributed by atoms with E-state index in [1.165, 1.54) is 64.4 Å². The summed E-state index contributed by atoms with van der Waals surface area (Å²) < 4.78 is 86.5. The third-order valence-electron chi connectivity index (χ3n) is 13.4. The summed E-state index contributed by atoms with van der Waals surface area (Å²) in [5.74, 6) is -4.06. The summed E-state index contributed by atoms with van der Waals surface area (Å²) in [7, 11) is 3.01. The van der Waals surface area contributed by atoms with Gasteiger partial charge in [0, 0.05) is 46.4 Å². The number of halogens is 10. The van der Waals surface area contributed by atoms with Gasteiger partial charge in [0.1, 0.15) is 0 Å². The molecule has 1 N–H and O–H groups in total. The van der Waals surface area contributed by atoms with Gasteiger partial charge in [-0.3, -0.25) is 19.2 Å². The number of ether oxygens (including phenoxy) is 1. The van der Waals surface area contributed by atoms with Crippen LogP contribution in [0, 0.1) is 0 Å². The van der Waals surface area contributed by atoms with Crippen molar-refractivity contribution in [2.75, 3.05) is 20.7 Å². The average Bonchev–Trinajstić information content (AvgIpc) is 4.03. The minimum atomic E-state index is -4.49. The maximum atomic E-state index is 14.0. The van der Waals surface area contributed by atoms with Gasteiger partial charge in [-0.1, -0.05) is 119 Å². The molecule has 0 saturated heterocycles. The smallest absolute Gasteiger partial charge is 0.416 e. The Labute approximate surface area is 482 Å². The normalized spacial score (nSPS) is 12.6. The Balaban J connectivity index is 0.000000234. The molecule has 0 spiro atoms. The van der Waals surface area contributed by atoms with Gasteiger partial charge in [0.15, 0.2) is 11.4 Å². The van der Waals surface area contributed by atoms with Crippen molar-refractivity contribution in [3.05, 3.63) is 210 Å². The number of para-hydroxylation sites is 2. The van der Waals surface area contributed by atoms with E-state index in [4.69, 9.17) is 51.1 Å². The molecular formula is C59H50Cl4F6N6O6. The van der Waals surface area contributed by atoms with Gasteiger partial charge in [-0.05, 0) is 112 Å². The predicted octanol–water partition coefficient (Wildman–Crippen LogP) is 15.7. The van der Waals surface area contributed by atoms with Crippen LogP contribution in [0.2, 0.25) is 20.1 Å². The number of nitrogens with zero attached hydrogens (tertiary/aromatic N) is 6. The molecule has 8 aromatic rings. The maximum absolute atomic E-state index is 14.0. The molecule has 2 aromatic heterocycles. The van der Waals surface area contributed by atoms with Crippen LogP contribution in [0.3, 0.4) is 0 Å². The highest BCUT2D eigenvalue weighted by Crippen LogP contribution is 2.40. The Morgan fingerprint density at radius 1 is 0.568 bits per heavy atom. The lowest BCUT2D eigenvalue weighted by molar-refractivity contribution is -0.142. The lowest BCUT2D eigenvalue weighted by Crippen LogP contribution is -2.31. The second-order valence-electron chi connectivity index (χ2n) is 18.5. The number of aliphatic carboxylic acids is 1. The number of amides is 2. The highest BCUT2D eigenvalue weighted by atomic mass is 35.5. The van der Waals surface area contributed by atoms with Crippen LogP contribution < -0.4 is 0 Å². The summed E-state index contributed by atoms with van der Waals surface area (Å²) in [4.78, 5) is 55.6. The Bertz CT molecular complexity index is 3570. The zero-order valence-corrected chi connectivity index (χ0v) is 47.0. The van der Waals surface area contributed by atoms with E-state index in [1.807, 2.05) is 0 Å². The molecule has 2 heterocycles. The molecule has 422 valence electrons. The molecule has 81 heavy (non-hydrogen) atoms. The SMILES string of the molecule is CC(C(=O)O)c1c(C(=O)N(C)[C@H](C)c2ccc(C(F)(F)F)cc2)nn(-c2ccccc2Cl)c1-c1ccc(Cl)cc1.CCOC(=O)Cc1c(C(=O)N(C)[C@H](C)c2ccc(C(F)(F)F)cc2)nn(-c2ccccc2Cl)c1-c1ccc(Cl)cc1. The van der Waals surface area contributed by atoms with E-state index in [1.54, 1.807) is 118 Å². The first-order valence-electron chi connectivity index (χ1n) is 24.8. The molecule has 0 fully saturated rings. The molecule has 0 saturated carbocycles. The number of hydrogen-bond donors (Lipinski definition) is 1. The Morgan fingerprint density at radius 3 is 1.35 bits per heavy atom. The van der Waals surface area contributed by atoms with Gasteiger partial charge in [-0.15, -0.1) is 0 Å². The van der Waals surface area contributed by atoms with Gasteiger partial charge in [-0.25, -0.2) is 9.36 Å². The van der Waals surface area contributed by atoms with E-state index in [-0.39, 0.29) is 30.0 Å². The van der Waals surface area contributed by atoms with Crippen LogP contribution in [-0.2, 0) is 33.1 Å². The zero-order valence-electron chi connectivity index (χ0n) is 44.0. The van der Waals surface area contributed by atoms with Crippen LogP contribution in [0.15, 0.2) is 146 Å². The second kappa shape index (κ2) is 25.4. The van der Waals surface area contributed by atoms with Crippen LogP contribution in [0.1, 0.15) is 100 Å². The summed E-state index contributed by atoms with van der Waals surface area (Å²) in [6.07, 6.45) is -9.23. The second-order valence-corrected chi connectivity index (χ2v) is 20.2. The van der Waals surface area contributed by atoms with E-state index < -0.39 is 65.2 Å². The summed E-state index contributed by atoms with van der Waals surface area (Å²) >= 11 is 25.2. The summed E-state index contributed by atoms with van der Waals surface area (Å²) in [5, 5.41) is 20.9. The largest absolute Gasteiger partial charge is 0.481 e. The first-order chi connectivity index (χ1) is 38.2. The molecular weight excluding hydrogens is 1140 g/mol. The highest BCUT2D eigenvalue weighted by molar-refractivity contribution is 6.33. The van der Waals surface area contributed by atoms with Crippen molar-refractivity contribution in [3.8, 4) is 33.9 Å². The standard InChI is InChI=1S/C30H26Cl2F3N3O3.C29H24Cl2F3N3O3/c1-4-41-26(39)17-23-27(29(40)37(3)18(2)19-9-13-21(14-10-19)30(33,34)35)36-38(25-8-6-5-7-24(25)32)28(23)20-11-15-22(31)16-12-20;1-16(28(39)40)24-25(27(38)36(3)17(2)18-8-12-20(13-9-18)29(32,33)34)35-37(23-7-5-4-6-22(23)31)26(24)19-10-14-21(30)15-11-19/h5-16,18H,4,17H2,1-3H3;4-17H,1-3H3,(H,39,40)/t18-;16?,17-/m11/s1. The van der Waals surface area contributed by atoms with Crippen LogP contribution in [0.25, 0.3) is 33.9 Å². The Morgan fingerprint density at radius 2 is 0.951 bits per heavy atom. The minimum absolute atomic E-state index is 0.0239. The maximum Gasteiger partial charge on any atom is 0.416 e. The van der Waals surface area contributed by atoms with E-state index in [0.717, 1.165) is 24.3 Å². The number of carboxylic acids is 1. The molecule has 0 bridgehead atoms. The van der Waals surface area contributed by atoms with Crippen LogP contribution >= 0.6 is 46.4 Å². The molecule has 1 unspecified atom stereocenters. The third kappa shape index (κ3) is 13.8. The van der Waals surface area contributed by atoms with Crippen LogP contribution in [-0.4, -0.2) is 78.9 Å². The molecule has 0 aliphatic rings.